The minimum atomic E-state index is -0.927. The maximum absolute atomic E-state index is 17.0. The molecule has 4 aliphatic rings. The van der Waals surface area contributed by atoms with E-state index in [9.17, 15) is 13.9 Å². The zero-order valence-electron chi connectivity index (χ0n) is 24.5. The SMILES string of the molecule is C#Cc1c(F)ccc2cc(O)cc(-c3cc4c5c(nc(OC[C@@]67CCCN6C[C@H](F)C7)nc5c3F)N3CCOCCC3CO4)c12. The number of phenols is 1. The monoisotopic (exact) mass is 616 g/mol. The number of hydrogen-bond acceptors (Lipinski definition) is 8. The Bertz CT molecular complexity index is 1900. The molecule has 0 bridgehead atoms. The first-order chi connectivity index (χ1) is 21.8. The number of rotatable bonds is 4. The molecule has 8 nitrogen and oxygen atoms in total. The molecule has 0 spiro atoms. The summed E-state index contributed by atoms with van der Waals surface area (Å²) >= 11 is 0. The Morgan fingerprint density at radius 1 is 1.11 bits per heavy atom. The van der Waals surface area contributed by atoms with Crippen LogP contribution in [0.1, 0.15) is 31.2 Å². The van der Waals surface area contributed by atoms with E-state index in [0.717, 1.165) is 19.4 Å². The minimum Gasteiger partial charge on any atom is -0.508 e. The van der Waals surface area contributed by atoms with Gasteiger partial charge in [-0.05, 0) is 61.0 Å². The molecular formula is C34H31F3N4O4. The summed E-state index contributed by atoms with van der Waals surface area (Å²) in [5, 5.41) is 11.7. The number of ether oxygens (including phenoxy) is 3. The van der Waals surface area contributed by atoms with Gasteiger partial charge in [0.15, 0.2) is 5.82 Å². The number of terminal acetylenes is 1. The Morgan fingerprint density at radius 3 is 2.87 bits per heavy atom. The van der Waals surface area contributed by atoms with Crippen molar-refractivity contribution in [2.45, 2.75) is 43.4 Å². The fourth-order valence-corrected chi connectivity index (χ4v) is 7.68. The summed E-state index contributed by atoms with van der Waals surface area (Å²) in [7, 11) is 0. The van der Waals surface area contributed by atoms with Crippen LogP contribution in [-0.4, -0.2) is 83.8 Å². The quantitative estimate of drug-likeness (QED) is 0.307. The van der Waals surface area contributed by atoms with Gasteiger partial charge in [-0.2, -0.15) is 9.97 Å². The number of fused-ring (bicyclic) bond motifs is 4. The van der Waals surface area contributed by atoms with Crippen molar-refractivity contribution >= 4 is 27.5 Å². The lowest BCUT2D eigenvalue weighted by atomic mass is 9.92. The van der Waals surface area contributed by atoms with E-state index in [1.807, 2.05) is 0 Å². The van der Waals surface area contributed by atoms with Gasteiger partial charge in [-0.3, -0.25) is 4.90 Å². The van der Waals surface area contributed by atoms with E-state index in [4.69, 9.17) is 25.6 Å². The first-order valence-electron chi connectivity index (χ1n) is 15.3. The summed E-state index contributed by atoms with van der Waals surface area (Å²) in [6, 6.07) is 6.95. The van der Waals surface area contributed by atoms with Crippen molar-refractivity contribution in [1.82, 2.24) is 14.9 Å². The summed E-state index contributed by atoms with van der Waals surface area (Å²) in [6.45, 7) is 3.15. The van der Waals surface area contributed by atoms with Gasteiger partial charge in [0.05, 0.1) is 29.1 Å². The zero-order chi connectivity index (χ0) is 30.9. The van der Waals surface area contributed by atoms with Gasteiger partial charge in [-0.15, -0.1) is 6.42 Å². The van der Waals surface area contributed by atoms with Crippen molar-refractivity contribution in [2.24, 2.45) is 0 Å². The third-order valence-electron chi connectivity index (χ3n) is 9.77. The normalized spacial score (nSPS) is 24.5. The number of hydrogen-bond donors (Lipinski definition) is 1. The summed E-state index contributed by atoms with van der Waals surface area (Å²) in [5.74, 6) is 1.72. The van der Waals surface area contributed by atoms with Gasteiger partial charge >= 0.3 is 6.01 Å². The molecule has 45 heavy (non-hydrogen) atoms. The van der Waals surface area contributed by atoms with Gasteiger partial charge in [-0.25, -0.2) is 13.2 Å². The van der Waals surface area contributed by atoms with E-state index >= 15 is 4.39 Å². The average Bonchev–Trinajstić information content (AvgIpc) is 3.38. The molecule has 232 valence electrons. The smallest absolute Gasteiger partial charge is 0.319 e. The number of halogens is 3. The first kappa shape index (κ1) is 28.2. The molecule has 1 unspecified atom stereocenters. The number of benzene rings is 3. The molecule has 3 saturated heterocycles. The van der Waals surface area contributed by atoms with Gasteiger partial charge in [-0.1, -0.05) is 12.0 Å². The number of nitrogens with zero attached hydrogens (tertiary/aromatic N) is 4. The first-order valence-corrected chi connectivity index (χ1v) is 15.3. The third-order valence-corrected chi connectivity index (χ3v) is 9.77. The highest BCUT2D eigenvalue weighted by molar-refractivity contribution is 6.05. The van der Waals surface area contributed by atoms with E-state index in [0.29, 0.717) is 61.5 Å². The number of anilines is 1. The van der Waals surface area contributed by atoms with Crippen LogP contribution in [0, 0.1) is 24.0 Å². The molecule has 0 radical (unpaired) electrons. The maximum atomic E-state index is 17.0. The third kappa shape index (κ3) is 4.53. The molecule has 1 N–H and O–H groups in total. The maximum Gasteiger partial charge on any atom is 0.319 e. The highest BCUT2D eigenvalue weighted by atomic mass is 19.1. The molecule has 3 aromatic carbocycles. The molecule has 0 amide bonds. The van der Waals surface area contributed by atoms with Crippen LogP contribution in [0.5, 0.6) is 17.5 Å². The van der Waals surface area contributed by atoms with Gasteiger partial charge in [0.1, 0.15) is 48.0 Å². The molecule has 4 aliphatic heterocycles. The number of phenolic OH excluding ortho intramolecular Hbond substituents is 1. The molecule has 4 aromatic rings. The highest BCUT2D eigenvalue weighted by Crippen LogP contribution is 2.46. The summed E-state index contributed by atoms with van der Waals surface area (Å²) in [5.41, 5.74) is -0.299. The van der Waals surface area contributed by atoms with Crippen LogP contribution in [-0.2, 0) is 4.74 Å². The van der Waals surface area contributed by atoms with Gasteiger partial charge < -0.3 is 24.2 Å². The Kier molecular flexibility index (Phi) is 6.69. The van der Waals surface area contributed by atoms with Crippen LogP contribution in [0.25, 0.3) is 32.8 Å². The average molecular weight is 617 g/mol. The van der Waals surface area contributed by atoms with Crippen LogP contribution in [0.2, 0.25) is 0 Å². The van der Waals surface area contributed by atoms with Crippen molar-refractivity contribution in [3.63, 3.8) is 0 Å². The highest BCUT2D eigenvalue weighted by Gasteiger charge is 2.49. The zero-order valence-corrected chi connectivity index (χ0v) is 24.5. The second kappa shape index (κ2) is 10.7. The lowest BCUT2D eigenvalue weighted by molar-refractivity contribution is 0.107. The van der Waals surface area contributed by atoms with E-state index in [1.54, 1.807) is 6.07 Å². The molecule has 0 aliphatic carbocycles. The predicted molar refractivity (Wildman–Crippen MR) is 163 cm³/mol. The van der Waals surface area contributed by atoms with E-state index in [-0.39, 0.29) is 58.6 Å². The Hall–Kier alpha value is -4.27. The Balaban J connectivity index is 1.33. The van der Waals surface area contributed by atoms with Crippen molar-refractivity contribution < 1.29 is 32.5 Å². The van der Waals surface area contributed by atoms with Crippen molar-refractivity contribution in [3.05, 3.63) is 47.5 Å². The van der Waals surface area contributed by atoms with Gasteiger partial charge in [0.2, 0.25) is 0 Å². The topological polar surface area (TPSA) is 80.2 Å². The van der Waals surface area contributed by atoms with Crippen LogP contribution >= 0.6 is 0 Å². The summed E-state index contributed by atoms with van der Waals surface area (Å²) in [6.07, 6.45) is 7.58. The molecule has 3 atom stereocenters. The van der Waals surface area contributed by atoms with Crippen LogP contribution in [0.3, 0.4) is 0 Å². The predicted octanol–water partition coefficient (Wildman–Crippen LogP) is 5.36. The fraction of sp³-hybridized carbons (Fsp3) is 0.412. The van der Waals surface area contributed by atoms with E-state index in [1.165, 1.54) is 24.3 Å². The molecule has 3 fully saturated rings. The molecule has 0 saturated carbocycles. The van der Waals surface area contributed by atoms with E-state index < -0.39 is 23.3 Å². The number of aromatic hydroxyl groups is 1. The lowest BCUT2D eigenvalue weighted by Gasteiger charge is -2.31. The minimum absolute atomic E-state index is 0.0232. The van der Waals surface area contributed by atoms with Crippen molar-refractivity contribution in [2.75, 3.05) is 51.0 Å². The number of alkyl halides is 1. The molecule has 1 aromatic heterocycles. The largest absolute Gasteiger partial charge is 0.508 e. The lowest BCUT2D eigenvalue weighted by Crippen LogP contribution is -2.43. The van der Waals surface area contributed by atoms with Crippen molar-refractivity contribution in [3.8, 4) is 41.0 Å². The second-order valence-corrected chi connectivity index (χ2v) is 12.4. The van der Waals surface area contributed by atoms with Crippen molar-refractivity contribution in [1.29, 1.82) is 0 Å². The van der Waals surface area contributed by atoms with E-state index in [2.05, 4.69) is 20.7 Å². The Labute approximate surface area is 257 Å². The molecule has 11 heteroatoms. The Morgan fingerprint density at radius 2 is 2.00 bits per heavy atom. The standard InChI is InChI=1S/C34H31F3N4O4/c1-2-23-26(36)5-4-19-12-22(42)13-24(28(19)23)25-14-27-29-31(30(25)37)38-33(45-18-34-7-3-8-40(34)16-20(35)15-34)39-32(29)41-9-11-43-10-6-21(41)17-44-27/h1,4-5,12-14,20-21,42H,3,6-11,15-18H2/t20-,21?,34+/m1/s1. The van der Waals surface area contributed by atoms with Gasteiger partial charge in [0, 0.05) is 37.1 Å². The second-order valence-electron chi connectivity index (χ2n) is 12.4. The van der Waals surface area contributed by atoms with Crippen LogP contribution in [0.4, 0.5) is 19.0 Å². The summed E-state index contributed by atoms with van der Waals surface area (Å²) in [4.78, 5) is 13.6. The summed E-state index contributed by atoms with van der Waals surface area (Å²) < 4.78 is 64.7. The molecular weight excluding hydrogens is 585 g/mol. The van der Waals surface area contributed by atoms with Gasteiger partial charge in [0.25, 0.3) is 0 Å². The van der Waals surface area contributed by atoms with Crippen LogP contribution < -0.4 is 14.4 Å². The molecule has 8 rings (SSSR count). The number of aromatic nitrogens is 2. The fourth-order valence-electron chi connectivity index (χ4n) is 7.68. The van der Waals surface area contributed by atoms with Crippen LogP contribution in [0.15, 0.2) is 30.3 Å². The molecule has 5 heterocycles.